The number of nitrogens with one attached hydrogen (secondary N) is 1. The van der Waals surface area contributed by atoms with Crippen LogP contribution in [0, 0.1) is 5.92 Å². The SMILES string of the molecule is CCn1ccnc1[C@@H](NC1CCC(OC)CC1)C1CCOCC1. The van der Waals surface area contributed by atoms with Crippen molar-refractivity contribution in [3.05, 3.63) is 18.2 Å². The van der Waals surface area contributed by atoms with Gasteiger partial charge >= 0.3 is 0 Å². The second-order valence-electron chi connectivity index (χ2n) is 6.87. The molecule has 0 radical (unpaired) electrons. The van der Waals surface area contributed by atoms with Gasteiger partial charge in [-0.25, -0.2) is 4.98 Å². The van der Waals surface area contributed by atoms with Gasteiger partial charge < -0.3 is 19.4 Å². The van der Waals surface area contributed by atoms with Crippen LogP contribution < -0.4 is 5.32 Å². The molecule has 5 nitrogen and oxygen atoms in total. The molecular weight excluding hydrogens is 290 g/mol. The lowest BCUT2D eigenvalue weighted by Crippen LogP contribution is -2.42. The number of methoxy groups -OCH3 is 1. The zero-order valence-electron chi connectivity index (χ0n) is 14.5. The molecule has 1 aromatic heterocycles. The molecule has 1 saturated carbocycles. The molecule has 1 aliphatic heterocycles. The highest BCUT2D eigenvalue weighted by molar-refractivity contribution is 5.03. The van der Waals surface area contributed by atoms with Crippen molar-refractivity contribution in [1.29, 1.82) is 0 Å². The standard InChI is InChI=1S/C18H31N3O2/c1-3-21-11-10-19-18(21)17(14-8-12-23-13-9-14)20-15-4-6-16(22-2)7-5-15/h10-11,14-17,20H,3-9,12-13H2,1-2H3/t15?,16?,17-/m0/s1. The molecule has 3 rings (SSSR count). The summed E-state index contributed by atoms with van der Waals surface area (Å²) in [6.45, 7) is 4.93. The summed E-state index contributed by atoms with van der Waals surface area (Å²) in [5.74, 6) is 1.82. The molecule has 1 atom stereocenters. The van der Waals surface area contributed by atoms with Crippen LogP contribution in [-0.2, 0) is 16.0 Å². The number of rotatable bonds is 6. The van der Waals surface area contributed by atoms with Crippen molar-refractivity contribution in [2.24, 2.45) is 5.92 Å². The highest BCUT2D eigenvalue weighted by atomic mass is 16.5. The second-order valence-corrected chi connectivity index (χ2v) is 6.87. The topological polar surface area (TPSA) is 48.3 Å². The Labute approximate surface area is 139 Å². The maximum Gasteiger partial charge on any atom is 0.126 e. The van der Waals surface area contributed by atoms with Gasteiger partial charge in [0.2, 0.25) is 0 Å². The molecule has 1 N–H and O–H groups in total. The average molecular weight is 321 g/mol. The molecule has 0 bridgehead atoms. The summed E-state index contributed by atoms with van der Waals surface area (Å²) in [4.78, 5) is 4.69. The van der Waals surface area contributed by atoms with E-state index >= 15 is 0 Å². The molecule has 0 spiro atoms. The zero-order valence-corrected chi connectivity index (χ0v) is 14.5. The Balaban J connectivity index is 1.70. The van der Waals surface area contributed by atoms with Crippen molar-refractivity contribution < 1.29 is 9.47 Å². The largest absolute Gasteiger partial charge is 0.381 e. The Hall–Kier alpha value is -0.910. The van der Waals surface area contributed by atoms with Crippen LogP contribution in [0.3, 0.4) is 0 Å². The van der Waals surface area contributed by atoms with Gasteiger partial charge in [-0.15, -0.1) is 0 Å². The molecule has 2 heterocycles. The number of nitrogens with zero attached hydrogens (tertiary/aromatic N) is 2. The molecule has 130 valence electrons. The van der Waals surface area contributed by atoms with E-state index in [0.29, 0.717) is 24.1 Å². The number of ether oxygens (including phenoxy) is 2. The fraction of sp³-hybridized carbons (Fsp3) is 0.833. The van der Waals surface area contributed by atoms with E-state index in [2.05, 4.69) is 23.0 Å². The van der Waals surface area contributed by atoms with Crippen molar-refractivity contribution in [2.75, 3.05) is 20.3 Å². The third kappa shape index (κ3) is 4.14. The van der Waals surface area contributed by atoms with Gasteiger partial charge in [0.05, 0.1) is 12.1 Å². The number of hydrogen-bond donors (Lipinski definition) is 1. The van der Waals surface area contributed by atoms with Gasteiger partial charge in [0, 0.05) is 45.3 Å². The summed E-state index contributed by atoms with van der Waals surface area (Å²) in [6, 6.07) is 0.925. The molecule has 5 heteroatoms. The number of aromatic nitrogens is 2. The highest BCUT2D eigenvalue weighted by Crippen LogP contribution is 2.32. The predicted octanol–water partition coefficient (Wildman–Crippen LogP) is 2.92. The van der Waals surface area contributed by atoms with Gasteiger partial charge in [0.1, 0.15) is 5.82 Å². The first-order valence-electron chi connectivity index (χ1n) is 9.19. The van der Waals surface area contributed by atoms with Crippen molar-refractivity contribution in [3.63, 3.8) is 0 Å². The van der Waals surface area contributed by atoms with E-state index in [4.69, 9.17) is 14.5 Å². The van der Waals surface area contributed by atoms with Gasteiger partial charge in [0.15, 0.2) is 0 Å². The van der Waals surface area contributed by atoms with Gasteiger partial charge in [-0.3, -0.25) is 0 Å². The van der Waals surface area contributed by atoms with Crippen molar-refractivity contribution in [1.82, 2.24) is 14.9 Å². The summed E-state index contributed by atoms with van der Waals surface area (Å²) in [7, 11) is 1.83. The summed E-state index contributed by atoms with van der Waals surface area (Å²) in [5.41, 5.74) is 0. The third-order valence-electron chi connectivity index (χ3n) is 5.53. The monoisotopic (exact) mass is 321 g/mol. The summed E-state index contributed by atoms with van der Waals surface area (Å²) in [6.07, 6.45) is 11.5. The van der Waals surface area contributed by atoms with E-state index in [0.717, 1.165) is 45.4 Å². The first kappa shape index (κ1) is 16.9. The quantitative estimate of drug-likeness (QED) is 0.875. The van der Waals surface area contributed by atoms with Crippen LogP contribution in [0.2, 0.25) is 0 Å². The minimum atomic E-state index is 0.345. The maximum absolute atomic E-state index is 5.57. The van der Waals surface area contributed by atoms with Crippen LogP contribution >= 0.6 is 0 Å². The molecule has 23 heavy (non-hydrogen) atoms. The van der Waals surface area contributed by atoms with Crippen LogP contribution in [0.5, 0.6) is 0 Å². The molecule has 1 aliphatic carbocycles. The smallest absolute Gasteiger partial charge is 0.126 e. The summed E-state index contributed by atoms with van der Waals surface area (Å²) >= 11 is 0. The van der Waals surface area contributed by atoms with E-state index in [-0.39, 0.29) is 0 Å². The number of hydrogen-bond acceptors (Lipinski definition) is 4. The summed E-state index contributed by atoms with van der Waals surface area (Å²) in [5, 5.41) is 3.95. The second kappa shape index (κ2) is 8.27. The molecule has 1 saturated heterocycles. The lowest BCUT2D eigenvalue weighted by Gasteiger charge is -2.36. The van der Waals surface area contributed by atoms with E-state index in [1.165, 1.54) is 18.7 Å². The Morgan fingerprint density at radius 2 is 2.00 bits per heavy atom. The van der Waals surface area contributed by atoms with E-state index in [1.54, 1.807) is 0 Å². The van der Waals surface area contributed by atoms with Crippen LogP contribution in [0.15, 0.2) is 12.4 Å². The number of imidazole rings is 1. The highest BCUT2D eigenvalue weighted by Gasteiger charge is 2.31. The van der Waals surface area contributed by atoms with Crippen LogP contribution in [0.25, 0.3) is 0 Å². The van der Waals surface area contributed by atoms with Crippen molar-refractivity contribution >= 4 is 0 Å². The number of aryl methyl sites for hydroxylation is 1. The van der Waals surface area contributed by atoms with Gasteiger partial charge in [-0.05, 0) is 51.4 Å². The molecule has 0 unspecified atom stereocenters. The molecule has 2 fully saturated rings. The molecule has 0 amide bonds. The first-order chi connectivity index (χ1) is 11.3. The fourth-order valence-electron chi connectivity index (χ4n) is 4.06. The average Bonchev–Trinajstić information content (AvgIpc) is 3.09. The molecular formula is C18H31N3O2. The molecule has 1 aromatic rings. The maximum atomic E-state index is 5.57. The Morgan fingerprint density at radius 3 is 2.65 bits per heavy atom. The van der Waals surface area contributed by atoms with Crippen molar-refractivity contribution in [3.8, 4) is 0 Å². The zero-order chi connectivity index (χ0) is 16.1. The molecule has 0 aromatic carbocycles. The third-order valence-corrected chi connectivity index (χ3v) is 5.53. The van der Waals surface area contributed by atoms with Crippen molar-refractivity contribution in [2.45, 2.75) is 70.2 Å². The van der Waals surface area contributed by atoms with E-state index in [1.807, 2.05) is 13.3 Å². The fourth-order valence-corrected chi connectivity index (χ4v) is 4.06. The Bertz CT molecular complexity index is 463. The minimum Gasteiger partial charge on any atom is -0.381 e. The Kier molecular flexibility index (Phi) is 6.08. The normalized spacial score (nSPS) is 27.9. The van der Waals surface area contributed by atoms with E-state index < -0.39 is 0 Å². The van der Waals surface area contributed by atoms with Crippen LogP contribution in [0.4, 0.5) is 0 Å². The van der Waals surface area contributed by atoms with Crippen LogP contribution in [-0.4, -0.2) is 42.0 Å². The summed E-state index contributed by atoms with van der Waals surface area (Å²) < 4.78 is 13.4. The van der Waals surface area contributed by atoms with Gasteiger partial charge in [0.25, 0.3) is 0 Å². The lowest BCUT2D eigenvalue weighted by atomic mass is 9.87. The first-order valence-corrected chi connectivity index (χ1v) is 9.19. The lowest BCUT2D eigenvalue weighted by molar-refractivity contribution is 0.0406. The Morgan fingerprint density at radius 1 is 1.26 bits per heavy atom. The van der Waals surface area contributed by atoms with Gasteiger partial charge in [-0.2, -0.15) is 0 Å². The molecule has 2 aliphatic rings. The predicted molar refractivity (Wildman–Crippen MR) is 90.4 cm³/mol. The van der Waals surface area contributed by atoms with E-state index in [9.17, 15) is 0 Å². The minimum absolute atomic E-state index is 0.345. The van der Waals surface area contributed by atoms with Gasteiger partial charge in [-0.1, -0.05) is 0 Å². The van der Waals surface area contributed by atoms with Crippen LogP contribution in [0.1, 0.15) is 57.3 Å².